The van der Waals surface area contributed by atoms with E-state index >= 15 is 0 Å². The van der Waals surface area contributed by atoms with Crippen LogP contribution in [-0.2, 0) is 0 Å². The van der Waals surface area contributed by atoms with Gasteiger partial charge in [-0.15, -0.1) is 0 Å². The lowest BCUT2D eigenvalue weighted by atomic mass is 10.0. The van der Waals surface area contributed by atoms with Gasteiger partial charge >= 0.3 is 5.97 Å². The Hall–Kier alpha value is -3.22. The van der Waals surface area contributed by atoms with Crippen LogP contribution >= 0.6 is 0 Å². The van der Waals surface area contributed by atoms with Crippen LogP contribution in [0.15, 0.2) is 36.4 Å². The summed E-state index contributed by atoms with van der Waals surface area (Å²) >= 11 is 0. The first kappa shape index (κ1) is 20.5. The molecular formula is C22H25NO6. The van der Waals surface area contributed by atoms with E-state index in [0.717, 1.165) is 5.56 Å². The molecule has 7 heteroatoms. The van der Waals surface area contributed by atoms with Crippen LogP contribution in [0.4, 0.5) is 0 Å². The summed E-state index contributed by atoms with van der Waals surface area (Å²) in [5.41, 5.74) is 1.26. The Balaban J connectivity index is 1.67. The van der Waals surface area contributed by atoms with Gasteiger partial charge in [-0.3, -0.25) is 4.79 Å². The monoisotopic (exact) mass is 399 g/mol. The lowest BCUT2D eigenvalue weighted by Crippen LogP contribution is -2.41. The van der Waals surface area contributed by atoms with E-state index in [0.29, 0.717) is 48.7 Å². The van der Waals surface area contributed by atoms with E-state index in [2.05, 4.69) is 0 Å². The number of methoxy groups -OCH3 is 2. The van der Waals surface area contributed by atoms with Crippen LogP contribution < -0.4 is 14.2 Å². The molecule has 1 N–H and O–H groups in total. The van der Waals surface area contributed by atoms with Gasteiger partial charge in [-0.1, -0.05) is 6.07 Å². The third-order valence-electron chi connectivity index (χ3n) is 4.97. The molecule has 0 unspecified atom stereocenters. The Morgan fingerprint density at radius 1 is 1.00 bits per heavy atom. The number of aromatic carboxylic acids is 1. The molecule has 0 spiro atoms. The Morgan fingerprint density at radius 3 is 2.14 bits per heavy atom. The summed E-state index contributed by atoms with van der Waals surface area (Å²) in [5.74, 6) is 0.560. The molecule has 2 aromatic carbocycles. The topological polar surface area (TPSA) is 85.3 Å². The number of carbonyl (C=O) groups excluding carboxylic acids is 1. The van der Waals surface area contributed by atoms with Gasteiger partial charge in [0.15, 0.2) is 11.5 Å². The van der Waals surface area contributed by atoms with Crippen LogP contribution in [-0.4, -0.2) is 55.3 Å². The van der Waals surface area contributed by atoms with Gasteiger partial charge in [0.1, 0.15) is 6.10 Å². The van der Waals surface area contributed by atoms with Crippen LogP contribution in [0.3, 0.4) is 0 Å². The van der Waals surface area contributed by atoms with Crippen molar-refractivity contribution in [3.8, 4) is 17.2 Å². The van der Waals surface area contributed by atoms with Crippen LogP contribution in [0.25, 0.3) is 0 Å². The van der Waals surface area contributed by atoms with Gasteiger partial charge in [0, 0.05) is 31.5 Å². The number of carboxylic acids is 1. The normalized spacial score (nSPS) is 14.4. The van der Waals surface area contributed by atoms with Crippen LogP contribution in [0.5, 0.6) is 17.2 Å². The third-order valence-corrected chi connectivity index (χ3v) is 4.97. The van der Waals surface area contributed by atoms with Crippen molar-refractivity contribution < 1.29 is 28.9 Å². The second-order valence-corrected chi connectivity index (χ2v) is 6.99. The summed E-state index contributed by atoms with van der Waals surface area (Å²) in [6.45, 7) is 2.83. The minimum absolute atomic E-state index is 0.0728. The smallest absolute Gasteiger partial charge is 0.335 e. The summed E-state index contributed by atoms with van der Waals surface area (Å²) < 4.78 is 16.9. The zero-order valence-corrected chi connectivity index (χ0v) is 16.8. The maximum Gasteiger partial charge on any atom is 0.335 e. The van der Waals surface area contributed by atoms with Crippen molar-refractivity contribution in [3.63, 3.8) is 0 Å². The molecule has 29 heavy (non-hydrogen) atoms. The number of piperidine rings is 1. The van der Waals surface area contributed by atoms with E-state index in [1.165, 1.54) is 6.07 Å². The van der Waals surface area contributed by atoms with Crippen LogP contribution in [0.1, 0.15) is 39.1 Å². The third kappa shape index (κ3) is 4.62. The minimum atomic E-state index is -1.04. The van der Waals surface area contributed by atoms with E-state index in [-0.39, 0.29) is 17.6 Å². The molecule has 1 amide bonds. The lowest BCUT2D eigenvalue weighted by molar-refractivity contribution is 0.0585. The number of hydrogen-bond acceptors (Lipinski definition) is 5. The molecule has 1 aliphatic heterocycles. The Bertz CT molecular complexity index is 880. The molecule has 0 aliphatic carbocycles. The van der Waals surface area contributed by atoms with Gasteiger partial charge in [-0.05, 0) is 42.8 Å². The van der Waals surface area contributed by atoms with E-state index < -0.39 is 5.97 Å². The first-order chi connectivity index (χ1) is 13.9. The molecule has 7 nitrogen and oxygen atoms in total. The largest absolute Gasteiger partial charge is 0.493 e. The molecule has 1 heterocycles. The molecular weight excluding hydrogens is 374 g/mol. The molecule has 0 radical (unpaired) electrons. The van der Waals surface area contributed by atoms with Gasteiger partial charge in [-0.25, -0.2) is 4.79 Å². The summed E-state index contributed by atoms with van der Waals surface area (Å²) in [6.07, 6.45) is 1.24. The fraction of sp³-hybridized carbons (Fsp3) is 0.364. The fourth-order valence-corrected chi connectivity index (χ4v) is 3.49. The van der Waals surface area contributed by atoms with Gasteiger partial charge in [0.25, 0.3) is 5.91 Å². The molecule has 1 aliphatic rings. The van der Waals surface area contributed by atoms with E-state index in [9.17, 15) is 14.7 Å². The number of para-hydroxylation sites is 1. The van der Waals surface area contributed by atoms with Gasteiger partial charge in [-0.2, -0.15) is 0 Å². The molecule has 1 fully saturated rings. The average molecular weight is 399 g/mol. The standard InChI is InChI=1S/C22H25NO6/c1-14-11-15(13-16(12-14)22(25)26)21(24)23-9-7-17(8-10-23)29-20-18(27-2)5-4-6-19(20)28-3/h4-6,11-13,17H,7-10H2,1-3H3,(H,25,26). The lowest BCUT2D eigenvalue weighted by Gasteiger charge is -2.32. The SMILES string of the molecule is COc1cccc(OC)c1OC1CCN(C(=O)c2cc(C)cc(C(=O)O)c2)CC1. The van der Waals surface area contributed by atoms with Crippen molar-refractivity contribution in [3.05, 3.63) is 53.1 Å². The molecule has 1 saturated heterocycles. The predicted molar refractivity (Wildman–Crippen MR) is 107 cm³/mol. The van der Waals surface area contributed by atoms with Crippen molar-refractivity contribution in [2.24, 2.45) is 0 Å². The summed E-state index contributed by atoms with van der Waals surface area (Å²) in [7, 11) is 3.16. The summed E-state index contributed by atoms with van der Waals surface area (Å²) in [4.78, 5) is 25.8. The summed E-state index contributed by atoms with van der Waals surface area (Å²) in [6, 6.07) is 10.2. The molecule has 3 rings (SSSR count). The van der Waals surface area contributed by atoms with Crippen LogP contribution in [0, 0.1) is 6.92 Å². The Kier molecular flexibility index (Phi) is 6.26. The second-order valence-electron chi connectivity index (χ2n) is 6.99. The predicted octanol–water partition coefficient (Wildman–Crippen LogP) is 3.39. The number of rotatable bonds is 6. The Morgan fingerprint density at radius 2 is 1.59 bits per heavy atom. The van der Waals surface area contributed by atoms with Gasteiger partial charge in [0.05, 0.1) is 19.8 Å². The highest BCUT2D eigenvalue weighted by atomic mass is 16.5. The van der Waals surface area contributed by atoms with Crippen molar-refractivity contribution >= 4 is 11.9 Å². The van der Waals surface area contributed by atoms with Crippen molar-refractivity contribution in [1.29, 1.82) is 0 Å². The summed E-state index contributed by atoms with van der Waals surface area (Å²) in [5, 5.41) is 9.22. The molecule has 2 aromatic rings. The number of ether oxygens (including phenoxy) is 3. The van der Waals surface area contributed by atoms with E-state index in [1.807, 2.05) is 18.2 Å². The highest BCUT2D eigenvalue weighted by Gasteiger charge is 2.27. The quantitative estimate of drug-likeness (QED) is 0.801. The number of hydrogen-bond donors (Lipinski definition) is 1. The average Bonchev–Trinajstić information content (AvgIpc) is 2.73. The van der Waals surface area contributed by atoms with Crippen molar-refractivity contribution in [1.82, 2.24) is 4.90 Å². The molecule has 0 aromatic heterocycles. The van der Waals surface area contributed by atoms with Crippen LogP contribution in [0.2, 0.25) is 0 Å². The van der Waals surface area contributed by atoms with E-state index in [4.69, 9.17) is 14.2 Å². The number of amides is 1. The Labute approximate surface area is 169 Å². The first-order valence-corrected chi connectivity index (χ1v) is 9.45. The number of benzene rings is 2. The van der Waals surface area contributed by atoms with Crippen molar-refractivity contribution in [2.75, 3.05) is 27.3 Å². The van der Waals surface area contributed by atoms with Gasteiger partial charge < -0.3 is 24.2 Å². The number of likely N-dealkylation sites (tertiary alicyclic amines) is 1. The number of carboxylic acid groups (broad SMARTS) is 1. The maximum atomic E-state index is 12.8. The molecule has 154 valence electrons. The number of carbonyl (C=O) groups is 2. The fourth-order valence-electron chi connectivity index (χ4n) is 3.49. The molecule has 0 saturated carbocycles. The molecule has 0 bridgehead atoms. The zero-order chi connectivity index (χ0) is 21.0. The maximum absolute atomic E-state index is 12.8. The number of aryl methyl sites for hydroxylation is 1. The highest BCUT2D eigenvalue weighted by molar-refractivity contribution is 5.97. The highest BCUT2D eigenvalue weighted by Crippen LogP contribution is 2.38. The minimum Gasteiger partial charge on any atom is -0.493 e. The van der Waals surface area contributed by atoms with Gasteiger partial charge in [0.2, 0.25) is 5.75 Å². The van der Waals surface area contributed by atoms with E-state index in [1.54, 1.807) is 38.2 Å². The molecule has 0 atom stereocenters. The van der Waals surface area contributed by atoms with Crippen molar-refractivity contribution in [2.45, 2.75) is 25.9 Å². The zero-order valence-electron chi connectivity index (χ0n) is 16.8. The second kappa shape index (κ2) is 8.86. The first-order valence-electron chi connectivity index (χ1n) is 9.45. The number of nitrogens with zero attached hydrogens (tertiary/aromatic N) is 1.